The Morgan fingerprint density at radius 1 is 1.22 bits per heavy atom. The molecule has 9 nitrogen and oxygen atoms in total. The van der Waals surface area contributed by atoms with E-state index in [0.29, 0.717) is 36.0 Å². The number of fused-ring (bicyclic) bond motifs is 2. The molecular formula is C23H20N6O3. The number of aromatic amines is 1. The fourth-order valence-corrected chi connectivity index (χ4v) is 4.28. The van der Waals surface area contributed by atoms with Crippen LogP contribution in [0, 0.1) is 6.92 Å². The molecule has 0 saturated carbocycles. The summed E-state index contributed by atoms with van der Waals surface area (Å²) in [4.78, 5) is 27.6. The lowest BCUT2D eigenvalue weighted by atomic mass is 9.99. The number of carbonyl (C=O) groups excluding carboxylic acids is 1. The number of furan rings is 1. The van der Waals surface area contributed by atoms with Gasteiger partial charge < -0.3 is 18.7 Å². The second kappa shape index (κ2) is 6.94. The average Bonchev–Trinajstić information content (AvgIpc) is 3.57. The molecule has 1 atom stereocenters. The van der Waals surface area contributed by atoms with Gasteiger partial charge in [0.2, 0.25) is 11.7 Å². The zero-order valence-electron chi connectivity index (χ0n) is 17.6. The van der Waals surface area contributed by atoms with E-state index >= 15 is 0 Å². The Labute approximate surface area is 182 Å². The Morgan fingerprint density at radius 2 is 2.09 bits per heavy atom. The van der Waals surface area contributed by atoms with Gasteiger partial charge in [0.25, 0.3) is 5.91 Å². The molecule has 1 aromatic carbocycles. The largest absolute Gasteiger partial charge is 0.458 e. The normalized spacial score (nSPS) is 15.9. The number of amides is 1. The highest BCUT2D eigenvalue weighted by atomic mass is 16.4. The maximum atomic E-state index is 13.7. The van der Waals surface area contributed by atoms with Crippen LogP contribution in [-0.2, 0) is 13.5 Å². The summed E-state index contributed by atoms with van der Waals surface area (Å²) in [5.41, 5.74) is 3.66. The molecule has 5 aromatic rings. The van der Waals surface area contributed by atoms with E-state index in [0.717, 1.165) is 22.4 Å². The molecule has 0 unspecified atom stereocenters. The number of nitrogens with one attached hydrogen (secondary N) is 1. The molecule has 0 saturated heterocycles. The van der Waals surface area contributed by atoms with Gasteiger partial charge in [-0.2, -0.15) is 5.10 Å². The summed E-state index contributed by atoms with van der Waals surface area (Å²) in [7, 11) is 1.82. The van der Waals surface area contributed by atoms with Gasteiger partial charge in [-0.1, -0.05) is 18.2 Å². The lowest BCUT2D eigenvalue weighted by molar-refractivity contribution is 0.0640. The first-order valence-electron chi connectivity index (χ1n) is 10.4. The standard InChI is InChI=1S/C23H20N6O3/c1-13-21(32-22(26-13)16-7-9-28(2)27-16)23(30)29-10-8-15-19(25-12-24-15)20(29)18-11-14-5-3-4-6-17(14)31-18/h3-7,9,11-12,20H,8,10H2,1-2H3,(H,24,25)/t20-/m1/s1. The predicted octanol–water partition coefficient (Wildman–Crippen LogP) is 3.64. The summed E-state index contributed by atoms with van der Waals surface area (Å²) in [6.07, 6.45) is 4.13. The quantitative estimate of drug-likeness (QED) is 0.470. The maximum Gasteiger partial charge on any atom is 0.292 e. The van der Waals surface area contributed by atoms with Gasteiger partial charge in [0, 0.05) is 37.3 Å². The van der Waals surface area contributed by atoms with E-state index in [1.165, 1.54) is 0 Å². The molecular weight excluding hydrogens is 408 g/mol. The fraction of sp³-hybridized carbons (Fsp3) is 0.217. The number of aromatic nitrogens is 5. The molecule has 160 valence electrons. The lowest BCUT2D eigenvalue weighted by Gasteiger charge is -2.33. The van der Waals surface area contributed by atoms with Gasteiger partial charge in [0.15, 0.2) is 0 Å². The van der Waals surface area contributed by atoms with Gasteiger partial charge in [-0.25, -0.2) is 9.97 Å². The number of benzene rings is 1. The molecule has 0 radical (unpaired) electrons. The van der Waals surface area contributed by atoms with E-state index in [9.17, 15) is 4.79 Å². The van der Waals surface area contributed by atoms with Crippen molar-refractivity contribution < 1.29 is 13.6 Å². The van der Waals surface area contributed by atoms with Crippen LogP contribution in [0.15, 0.2) is 57.8 Å². The Bertz CT molecular complexity index is 1420. The molecule has 0 fully saturated rings. The number of nitrogens with zero attached hydrogens (tertiary/aromatic N) is 5. The summed E-state index contributed by atoms with van der Waals surface area (Å²) in [6, 6.07) is 11.1. The minimum absolute atomic E-state index is 0.200. The first-order valence-corrected chi connectivity index (χ1v) is 10.4. The Morgan fingerprint density at radius 3 is 2.91 bits per heavy atom. The van der Waals surface area contributed by atoms with E-state index in [1.807, 2.05) is 37.4 Å². The minimum atomic E-state index is -0.465. The minimum Gasteiger partial charge on any atom is -0.458 e. The second-order valence-corrected chi connectivity index (χ2v) is 7.91. The molecule has 0 spiro atoms. The molecule has 9 heteroatoms. The van der Waals surface area contributed by atoms with Crippen LogP contribution in [0.5, 0.6) is 0 Å². The Kier molecular flexibility index (Phi) is 4.04. The summed E-state index contributed by atoms with van der Waals surface area (Å²) in [6.45, 7) is 2.26. The van der Waals surface area contributed by atoms with Crippen molar-refractivity contribution in [3.63, 3.8) is 0 Å². The number of oxazole rings is 1. The number of hydrogen-bond acceptors (Lipinski definition) is 6. The first-order chi connectivity index (χ1) is 15.6. The van der Waals surface area contributed by atoms with Crippen LogP contribution in [0.3, 0.4) is 0 Å². The van der Waals surface area contributed by atoms with Crippen molar-refractivity contribution in [2.24, 2.45) is 7.05 Å². The molecule has 1 aliphatic rings. The summed E-state index contributed by atoms with van der Waals surface area (Å²) < 4.78 is 13.7. The Balaban J connectivity index is 1.42. The number of rotatable bonds is 3. The van der Waals surface area contributed by atoms with E-state index in [2.05, 4.69) is 20.1 Å². The highest BCUT2D eigenvalue weighted by molar-refractivity contribution is 5.93. The molecule has 1 N–H and O–H groups in total. The third kappa shape index (κ3) is 2.85. The molecule has 4 aromatic heterocycles. The van der Waals surface area contributed by atoms with E-state index in [-0.39, 0.29) is 11.7 Å². The fourth-order valence-electron chi connectivity index (χ4n) is 4.28. The van der Waals surface area contributed by atoms with Gasteiger partial charge in [-0.05, 0) is 25.1 Å². The van der Waals surface area contributed by atoms with Crippen molar-refractivity contribution >= 4 is 16.9 Å². The van der Waals surface area contributed by atoms with Crippen molar-refractivity contribution in [2.75, 3.05) is 6.54 Å². The predicted molar refractivity (Wildman–Crippen MR) is 115 cm³/mol. The zero-order valence-corrected chi connectivity index (χ0v) is 17.6. The SMILES string of the molecule is Cc1nc(-c2ccn(C)n2)oc1C(=O)N1CCc2[nH]cnc2[C@H]1c1cc2ccccc2o1. The van der Waals surface area contributed by atoms with Gasteiger partial charge in [0.1, 0.15) is 23.1 Å². The van der Waals surface area contributed by atoms with Gasteiger partial charge >= 0.3 is 0 Å². The number of carbonyl (C=O) groups is 1. The third-order valence-corrected chi connectivity index (χ3v) is 5.82. The summed E-state index contributed by atoms with van der Waals surface area (Å²) >= 11 is 0. The molecule has 0 bridgehead atoms. The van der Waals surface area contributed by atoms with Crippen LogP contribution in [-0.4, -0.2) is 42.1 Å². The van der Waals surface area contributed by atoms with Crippen LogP contribution in [0.4, 0.5) is 0 Å². The summed E-state index contributed by atoms with van der Waals surface area (Å²) in [5.74, 6) is 0.931. The van der Waals surface area contributed by atoms with E-state index < -0.39 is 6.04 Å². The van der Waals surface area contributed by atoms with Gasteiger partial charge in [-0.15, -0.1) is 0 Å². The van der Waals surface area contributed by atoms with Crippen molar-refractivity contribution in [1.29, 1.82) is 0 Å². The third-order valence-electron chi connectivity index (χ3n) is 5.82. The number of H-pyrrole nitrogens is 1. The molecule has 32 heavy (non-hydrogen) atoms. The van der Waals surface area contributed by atoms with Gasteiger partial charge in [-0.3, -0.25) is 9.48 Å². The van der Waals surface area contributed by atoms with Gasteiger partial charge in [0.05, 0.1) is 17.7 Å². The smallest absolute Gasteiger partial charge is 0.292 e. The molecule has 1 aliphatic heterocycles. The van der Waals surface area contributed by atoms with Crippen LogP contribution in [0.1, 0.15) is 39.4 Å². The van der Waals surface area contributed by atoms with Crippen LogP contribution < -0.4 is 0 Å². The molecule has 6 rings (SSSR count). The van der Waals surface area contributed by atoms with Crippen LogP contribution in [0.2, 0.25) is 0 Å². The molecule has 5 heterocycles. The van der Waals surface area contributed by atoms with E-state index in [4.69, 9.17) is 8.83 Å². The van der Waals surface area contributed by atoms with Crippen molar-refractivity contribution in [1.82, 2.24) is 29.6 Å². The number of para-hydroxylation sites is 1. The second-order valence-electron chi connectivity index (χ2n) is 7.91. The summed E-state index contributed by atoms with van der Waals surface area (Å²) in [5, 5.41) is 5.30. The van der Waals surface area contributed by atoms with Crippen molar-refractivity contribution in [3.05, 3.63) is 77.5 Å². The average molecular weight is 428 g/mol. The zero-order chi connectivity index (χ0) is 21.8. The lowest BCUT2D eigenvalue weighted by Crippen LogP contribution is -2.40. The first kappa shape index (κ1) is 18.6. The monoisotopic (exact) mass is 428 g/mol. The highest BCUT2D eigenvalue weighted by Gasteiger charge is 2.38. The molecule has 0 aliphatic carbocycles. The highest BCUT2D eigenvalue weighted by Crippen LogP contribution is 2.37. The van der Waals surface area contributed by atoms with Crippen LogP contribution in [0.25, 0.3) is 22.6 Å². The number of hydrogen-bond donors (Lipinski definition) is 1. The van der Waals surface area contributed by atoms with Crippen LogP contribution >= 0.6 is 0 Å². The topological polar surface area (TPSA) is 106 Å². The Hall–Kier alpha value is -4.14. The molecule has 1 amide bonds. The van der Waals surface area contributed by atoms with E-state index in [1.54, 1.807) is 35.1 Å². The van der Waals surface area contributed by atoms with Crippen molar-refractivity contribution in [3.8, 4) is 11.6 Å². The number of aryl methyl sites for hydroxylation is 2. The number of imidazole rings is 1. The maximum absolute atomic E-state index is 13.7. The van der Waals surface area contributed by atoms with Crippen molar-refractivity contribution in [2.45, 2.75) is 19.4 Å².